The van der Waals surface area contributed by atoms with Gasteiger partial charge in [0.1, 0.15) is 12.0 Å². The van der Waals surface area contributed by atoms with E-state index in [2.05, 4.69) is 58.6 Å². The summed E-state index contributed by atoms with van der Waals surface area (Å²) in [7, 11) is 6.20. The lowest BCUT2D eigenvalue weighted by atomic mass is 9.78. The van der Waals surface area contributed by atoms with Crippen LogP contribution in [0.3, 0.4) is 0 Å². The second-order valence-corrected chi connectivity index (χ2v) is 15.5. The zero-order valence-electron chi connectivity index (χ0n) is 30.9. The van der Waals surface area contributed by atoms with Crippen molar-refractivity contribution in [3.8, 4) is 0 Å². The summed E-state index contributed by atoms with van der Waals surface area (Å²) in [6.07, 6.45) is 3.19. The Morgan fingerprint density at radius 1 is 1.04 bits per heavy atom. The predicted octanol–water partition coefficient (Wildman–Crippen LogP) is 4.52. The second-order valence-electron chi connectivity index (χ2n) is 15.5. The van der Waals surface area contributed by atoms with E-state index in [1.165, 1.54) is 0 Å². The largest absolute Gasteiger partial charge is 0.458 e. The number of ether oxygens (including phenoxy) is 5. The highest BCUT2D eigenvalue weighted by molar-refractivity contribution is 6.00. The zero-order valence-corrected chi connectivity index (χ0v) is 30.9. The van der Waals surface area contributed by atoms with Crippen LogP contribution < -0.4 is 0 Å². The maximum atomic E-state index is 14.3. The third-order valence-electron chi connectivity index (χ3n) is 11.4. The molecular weight excluding hydrogens is 602 g/mol. The molecule has 0 aromatic heterocycles. The zero-order chi connectivity index (χ0) is 35.0. The normalized spacial score (nSPS) is 45.3. The van der Waals surface area contributed by atoms with Gasteiger partial charge in [-0.05, 0) is 80.9 Å². The summed E-state index contributed by atoms with van der Waals surface area (Å²) in [4.78, 5) is 47.8. The van der Waals surface area contributed by atoms with Gasteiger partial charge in [-0.15, -0.1) is 0 Å². The van der Waals surface area contributed by atoms with Crippen LogP contribution in [-0.2, 0) is 33.3 Å². The molecule has 0 N–H and O–H groups in total. The molecule has 4 heterocycles. The van der Waals surface area contributed by atoms with E-state index < -0.39 is 59.6 Å². The van der Waals surface area contributed by atoms with Crippen LogP contribution in [0.25, 0.3) is 0 Å². The molecule has 0 saturated carbocycles. The quantitative estimate of drug-likeness (QED) is 0.242. The monoisotopic (exact) mass is 663 g/mol. The highest BCUT2D eigenvalue weighted by Gasteiger charge is 2.59. The molecule has 3 unspecified atom stereocenters. The first-order chi connectivity index (χ1) is 21.9. The molecule has 4 rings (SSSR count). The van der Waals surface area contributed by atoms with E-state index in [1.807, 2.05) is 39.8 Å². The highest BCUT2D eigenvalue weighted by atomic mass is 16.7. The summed E-state index contributed by atoms with van der Waals surface area (Å²) in [6, 6.07) is -0.322. The molecular formula is C36H61N3O8. The summed E-state index contributed by atoms with van der Waals surface area (Å²) >= 11 is 0. The van der Waals surface area contributed by atoms with E-state index in [9.17, 15) is 14.4 Å². The molecule has 4 aliphatic heterocycles. The second kappa shape index (κ2) is 14.8. The minimum absolute atomic E-state index is 0.0233. The maximum absolute atomic E-state index is 14.3. The summed E-state index contributed by atoms with van der Waals surface area (Å²) in [5, 5.41) is 0. The molecule has 4 aliphatic rings. The Bertz CT molecular complexity index is 1170. The Labute approximate surface area is 282 Å². The van der Waals surface area contributed by atoms with Gasteiger partial charge in [0.05, 0.1) is 30.5 Å². The van der Waals surface area contributed by atoms with E-state index >= 15 is 0 Å². The van der Waals surface area contributed by atoms with Crippen LogP contribution in [-0.4, -0.2) is 127 Å². The van der Waals surface area contributed by atoms with Gasteiger partial charge < -0.3 is 33.5 Å². The Morgan fingerprint density at radius 3 is 2.36 bits per heavy atom. The van der Waals surface area contributed by atoms with Crippen LogP contribution in [0, 0.1) is 23.7 Å². The van der Waals surface area contributed by atoms with Gasteiger partial charge in [0.25, 0.3) is 0 Å². The van der Waals surface area contributed by atoms with Crippen molar-refractivity contribution < 1.29 is 38.1 Å². The van der Waals surface area contributed by atoms with E-state index in [4.69, 9.17) is 23.7 Å². The average Bonchev–Trinajstić information content (AvgIpc) is 3.26. The Hall–Kier alpha value is -2.05. The smallest absolute Gasteiger partial charge is 0.411 e. The molecule has 1 amide bonds. The molecule has 3 fully saturated rings. The lowest BCUT2D eigenvalue weighted by molar-refractivity contribution is -0.282. The topological polar surface area (TPSA) is 107 Å². The lowest BCUT2D eigenvalue weighted by Gasteiger charge is -2.48. The predicted molar refractivity (Wildman–Crippen MR) is 179 cm³/mol. The fourth-order valence-corrected chi connectivity index (χ4v) is 8.75. The van der Waals surface area contributed by atoms with Gasteiger partial charge >= 0.3 is 12.1 Å². The minimum atomic E-state index is -1.13. The van der Waals surface area contributed by atoms with Crippen molar-refractivity contribution in [2.24, 2.45) is 23.7 Å². The first-order valence-corrected chi connectivity index (χ1v) is 17.6. The number of Topliss-reactive ketones (excluding diaryl/α,β-unsaturated/α-hetero) is 1. The van der Waals surface area contributed by atoms with Crippen LogP contribution in [0.15, 0.2) is 12.2 Å². The maximum Gasteiger partial charge on any atom is 0.411 e. The van der Waals surface area contributed by atoms with Gasteiger partial charge in [0.15, 0.2) is 17.7 Å². The Morgan fingerprint density at radius 2 is 1.72 bits per heavy atom. The number of nitrogens with zero attached hydrogens (tertiary/aromatic N) is 3. The van der Waals surface area contributed by atoms with Gasteiger partial charge in [-0.3, -0.25) is 14.5 Å². The number of fused-ring (bicyclic) bond motifs is 5. The van der Waals surface area contributed by atoms with Gasteiger partial charge in [-0.1, -0.05) is 39.8 Å². The third-order valence-corrected chi connectivity index (χ3v) is 11.4. The van der Waals surface area contributed by atoms with Crippen LogP contribution in [0.5, 0.6) is 0 Å². The van der Waals surface area contributed by atoms with E-state index in [-0.39, 0.29) is 42.4 Å². The van der Waals surface area contributed by atoms with Gasteiger partial charge in [0, 0.05) is 37.0 Å². The van der Waals surface area contributed by atoms with Gasteiger partial charge in [0.2, 0.25) is 0 Å². The lowest BCUT2D eigenvalue weighted by Crippen LogP contribution is -2.61. The number of hydrogen-bond donors (Lipinski definition) is 0. The molecule has 0 aromatic carbocycles. The third kappa shape index (κ3) is 7.59. The van der Waals surface area contributed by atoms with Crippen molar-refractivity contribution in [1.82, 2.24) is 14.7 Å². The average molecular weight is 664 g/mol. The molecule has 268 valence electrons. The molecule has 11 heteroatoms. The number of cyclic esters (lactones) is 1. The summed E-state index contributed by atoms with van der Waals surface area (Å²) in [5.74, 6) is -2.57. The van der Waals surface area contributed by atoms with E-state index in [1.54, 1.807) is 11.8 Å². The van der Waals surface area contributed by atoms with Crippen LogP contribution in [0.2, 0.25) is 0 Å². The van der Waals surface area contributed by atoms with Gasteiger partial charge in [-0.2, -0.15) is 0 Å². The van der Waals surface area contributed by atoms with Gasteiger partial charge in [-0.25, -0.2) is 4.79 Å². The highest BCUT2D eigenvalue weighted by Crippen LogP contribution is 2.41. The van der Waals surface area contributed by atoms with Crippen molar-refractivity contribution in [3.05, 3.63) is 12.2 Å². The molecule has 0 radical (unpaired) electrons. The van der Waals surface area contributed by atoms with Crippen molar-refractivity contribution in [2.45, 2.75) is 136 Å². The molecule has 3 saturated heterocycles. The molecule has 0 spiro atoms. The number of amides is 1. The number of hydrogen-bond acceptors (Lipinski definition) is 10. The minimum Gasteiger partial charge on any atom is -0.458 e. The summed E-state index contributed by atoms with van der Waals surface area (Å²) in [5.41, 5.74) is -2.06. The molecule has 13 atom stereocenters. The molecule has 11 nitrogen and oxygen atoms in total. The molecule has 0 aromatic rings. The SMILES string of the molecule is CC[C@H]1OC(=O)C(C)C(=O)[C@H](C)[C@@H](O[C@@H]2O[C@H](C)CC(N(C)C)C2C)[C@]2(C)C[C@@H](C)CN(C)[C@H](C)[C@H]3N(C/C=C\CO2)C(=O)O[C@]13C. The molecule has 2 bridgehead atoms. The number of esters is 1. The fourth-order valence-electron chi connectivity index (χ4n) is 8.75. The van der Waals surface area contributed by atoms with Crippen molar-refractivity contribution in [2.75, 3.05) is 40.8 Å². The van der Waals surface area contributed by atoms with E-state index in [0.717, 1.165) is 6.42 Å². The molecule has 47 heavy (non-hydrogen) atoms. The summed E-state index contributed by atoms with van der Waals surface area (Å²) in [6.45, 7) is 19.0. The van der Waals surface area contributed by atoms with E-state index in [0.29, 0.717) is 25.9 Å². The van der Waals surface area contributed by atoms with Crippen molar-refractivity contribution in [1.29, 1.82) is 0 Å². The Kier molecular flexibility index (Phi) is 11.9. The number of carbonyl (C=O) groups is 3. The first-order valence-electron chi connectivity index (χ1n) is 17.6. The summed E-state index contributed by atoms with van der Waals surface area (Å²) < 4.78 is 32.5. The van der Waals surface area contributed by atoms with Crippen molar-refractivity contribution in [3.63, 3.8) is 0 Å². The number of ketones is 1. The van der Waals surface area contributed by atoms with Crippen LogP contribution >= 0.6 is 0 Å². The van der Waals surface area contributed by atoms with Crippen molar-refractivity contribution >= 4 is 17.8 Å². The van der Waals surface area contributed by atoms with Crippen LogP contribution in [0.4, 0.5) is 4.79 Å². The first kappa shape index (κ1) is 37.8. The molecule has 0 aliphatic carbocycles. The Balaban J connectivity index is 1.86. The van der Waals surface area contributed by atoms with Crippen LogP contribution in [0.1, 0.15) is 81.6 Å². The number of carbonyl (C=O) groups excluding carboxylic acids is 3. The standard InChI is InChI=1S/C36H61N3O8/c1-13-28-36(9)30-26(7)38(12)20-21(2)19-35(8,43-17-15-14-16-39(30)34(42)47-36)31(24(5)29(40)25(6)32(41)45-28)46-33-23(4)27(37(10)11)18-22(3)44-33/h14-15,21-28,30-31,33H,13,16-20H2,1-12H3/b15-14-/t21-,22-,23?,24+,25?,26-,27?,28-,30-,31-,33+,35+,36-/m1/s1. The number of rotatable bonds is 4. The fraction of sp³-hybridized carbons (Fsp3) is 0.861. The number of likely N-dealkylation sites (N-methyl/N-ethyl adjacent to an activating group) is 1.